The number of thiophene rings is 1. The number of carbonyl (C=O) groups is 3. The molecule has 3 aromatic rings. The number of para-hydroxylation sites is 1. The number of aryl methyl sites for hydroxylation is 1. The normalized spacial score (nSPS) is 10.5. The van der Waals surface area contributed by atoms with Gasteiger partial charge in [0.1, 0.15) is 11.6 Å². The second-order valence-electron chi connectivity index (χ2n) is 6.80. The van der Waals surface area contributed by atoms with Gasteiger partial charge in [0.25, 0.3) is 5.91 Å². The average molecular weight is 458 g/mol. The first-order chi connectivity index (χ1) is 15.0. The molecule has 0 saturated carbocycles. The molecule has 0 radical (unpaired) electrons. The van der Waals surface area contributed by atoms with Crippen LogP contribution >= 0.6 is 22.7 Å². The Morgan fingerprint density at radius 3 is 2.74 bits per heavy atom. The van der Waals surface area contributed by atoms with E-state index in [-0.39, 0.29) is 37.2 Å². The number of amides is 2. The van der Waals surface area contributed by atoms with E-state index in [1.54, 1.807) is 16.8 Å². The smallest absolute Gasteiger partial charge is 0.306 e. The van der Waals surface area contributed by atoms with Crippen LogP contribution in [0.1, 0.15) is 39.5 Å². The van der Waals surface area contributed by atoms with Crippen molar-refractivity contribution in [2.24, 2.45) is 0 Å². The molecule has 0 bridgehead atoms. The van der Waals surface area contributed by atoms with Gasteiger partial charge >= 0.3 is 5.97 Å². The van der Waals surface area contributed by atoms with Gasteiger partial charge in [-0.25, -0.2) is 4.98 Å². The van der Waals surface area contributed by atoms with Gasteiger partial charge in [-0.05, 0) is 36.4 Å². The summed E-state index contributed by atoms with van der Waals surface area (Å²) in [7, 11) is 0. The van der Waals surface area contributed by atoms with Gasteiger partial charge in [0.2, 0.25) is 5.91 Å². The number of carbonyl (C=O) groups excluding carboxylic acids is 3. The number of rotatable bonds is 10. The molecule has 162 valence electrons. The molecule has 0 fully saturated rings. The molecule has 0 aliphatic carbocycles. The van der Waals surface area contributed by atoms with Crippen molar-refractivity contribution >= 4 is 46.1 Å². The summed E-state index contributed by atoms with van der Waals surface area (Å²) < 4.78 is 5.23. The second kappa shape index (κ2) is 11.4. The van der Waals surface area contributed by atoms with E-state index in [9.17, 15) is 14.4 Å². The number of esters is 1. The van der Waals surface area contributed by atoms with Crippen LogP contribution in [0.25, 0.3) is 0 Å². The number of benzene rings is 1. The fourth-order valence-corrected chi connectivity index (χ4v) is 4.11. The van der Waals surface area contributed by atoms with Crippen LogP contribution in [0.2, 0.25) is 0 Å². The summed E-state index contributed by atoms with van der Waals surface area (Å²) >= 11 is 2.82. The highest BCUT2D eigenvalue weighted by Gasteiger charge is 2.11. The van der Waals surface area contributed by atoms with Crippen LogP contribution in [-0.2, 0) is 27.4 Å². The number of anilines is 1. The van der Waals surface area contributed by atoms with Gasteiger partial charge in [-0.15, -0.1) is 11.3 Å². The lowest BCUT2D eigenvalue weighted by Crippen LogP contribution is -2.24. The maximum atomic E-state index is 12.2. The molecule has 2 N–H and O–H groups in total. The maximum absolute atomic E-state index is 12.2. The Morgan fingerprint density at radius 1 is 1.13 bits per heavy atom. The Hall–Kier alpha value is -3.04. The number of thiazole rings is 1. The number of hydrogen-bond acceptors (Lipinski definition) is 7. The summed E-state index contributed by atoms with van der Waals surface area (Å²) in [5.74, 6) is -0.635. The molecular weight excluding hydrogens is 434 g/mol. The Morgan fingerprint density at radius 2 is 1.97 bits per heavy atom. The molecule has 0 aliphatic heterocycles. The van der Waals surface area contributed by atoms with Crippen molar-refractivity contribution in [3.05, 3.63) is 68.3 Å². The predicted octanol–water partition coefficient (Wildman–Crippen LogP) is 3.95. The summed E-state index contributed by atoms with van der Waals surface area (Å²) in [6, 6.07) is 9.33. The molecule has 2 heterocycles. The van der Waals surface area contributed by atoms with Crippen LogP contribution in [0.3, 0.4) is 0 Å². The summed E-state index contributed by atoms with van der Waals surface area (Å²) in [5.41, 5.74) is 3.01. The van der Waals surface area contributed by atoms with E-state index in [1.165, 1.54) is 22.7 Å². The van der Waals surface area contributed by atoms with Gasteiger partial charge in [0.05, 0.1) is 12.1 Å². The van der Waals surface area contributed by atoms with Crippen LogP contribution in [0, 0.1) is 6.92 Å². The Kier molecular flexibility index (Phi) is 8.31. The number of ether oxygens (including phenoxy) is 1. The number of nitrogens with zero attached hydrogens (tertiary/aromatic N) is 1. The monoisotopic (exact) mass is 457 g/mol. The van der Waals surface area contributed by atoms with Gasteiger partial charge in [-0.1, -0.05) is 18.2 Å². The molecule has 2 amide bonds. The average Bonchev–Trinajstić information content (AvgIpc) is 3.43. The number of hydrogen-bond donors (Lipinski definition) is 2. The highest BCUT2D eigenvalue weighted by atomic mass is 32.1. The van der Waals surface area contributed by atoms with E-state index in [1.807, 2.05) is 36.6 Å². The van der Waals surface area contributed by atoms with Crippen LogP contribution in [-0.4, -0.2) is 29.3 Å². The lowest BCUT2D eigenvalue weighted by molar-refractivity contribution is -0.145. The molecule has 7 nitrogen and oxygen atoms in total. The van der Waals surface area contributed by atoms with Gasteiger partial charge in [0.15, 0.2) is 0 Å². The SMILES string of the molecule is Cc1ccccc1NC(=O)Cc1nc(COC(=O)CCCNC(=O)c2ccsc2)cs1. The zero-order valence-electron chi connectivity index (χ0n) is 17.1. The van der Waals surface area contributed by atoms with Crippen molar-refractivity contribution in [3.8, 4) is 0 Å². The van der Waals surface area contributed by atoms with E-state index in [4.69, 9.17) is 4.74 Å². The largest absolute Gasteiger partial charge is 0.459 e. The molecule has 2 aromatic heterocycles. The van der Waals surface area contributed by atoms with Crippen LogP contribution in [0.5, 0.6) is 0 Å². The van der Waals surface area contributed by atoms with E-state index in [2.05, 4.69) is 15.6 Å². The van der Waals surface area contributed by atoms with E-state index in [0.717, 1.165) is 11.3 Å². The Balaban J connectivity index is 1.34. The molecular formula is C22H23N3O4S2. The first-order valence-corrected chi connectivity index (χ1v) is 11.6. The first-order valence-electron chi connectivity index (χ1n) is 9.76. The number of aromatic nitrogens is 1. The molecule has 3 rings (SSSR count). The quantitative estimate of drug-likeness (QED) is 0.355. The van der Waals surface area contributed by atoms with Gasteiger partial charge < -0.3 is 15.4 Å². The van der Waals surface area contributed by atoms with E-state index in [0.29, 0.717) is 29.2 Å². The molecule has 9 heteroatoms. The summed E-state index contributed by atoms with van der Waals surface area (Å²) in [5, 5.41) is 11.7. The zero-order chi connectivity index (χ0) is 22.1. The third-order valence-electron chi connectivity index (χ3n) is 4.34. The van der Waals surface area contributed by atoms with Crippen LogP contribution < -0.4 is 10.6 Å². The van der Waals surface area contributed by atoms with Crippen LogP contribution in [0.4, 0.5) is 5.69 Å². The zero-order valence-corrected chi connectivity index (χ0v) is 18.7. The van der Waals surface area contributed by atoms with Gasteiger partial charge in [-0.3, -0.25) is 14.4 Å². The molecule has 1 aromatic carbocycles. The van der Waals surface area contributed by atoms with Gasteiger partial charge in [0, 0.05) is 35.0 Å². The Bertz CT molecular complexity index is 1030. The summed E-state index contributed by atoms with van der Waals surface area (Å²) in [6.07, 6.45) is 0.868. The fourth-order valence-electron chi connectivity index (χ4n) is 2.70. The standard InChI is InChI=1S/C22H23N3O4S2/c1-15-5-2-3-6-18(15)25-19(26)11-20-24-17(14-31-20)12-29-21(27)7-4-9-23-22(28)16-8-10-30-13-16/h2-3,5-6,8,10,13-14H,4,7,9,11-12H2,1H3,(H,23,28)(H,25,26). The lowest BCUT2D eigenvalue weighted by atomic mass is 10.2. The van der Waals surface area contributed by atoms with Crippen LogP contribution in [0.15, 0.2) is 46.5 Å². The third kappa shape index (κ3) is 7.30. The van der Waals surface area contributed by atoms with Crippen molar-refractivity contribution in [1.29, 1.82) is 0 Å². The lowest BCUT2D eigenvalue weighted by Gasteiger charge is -2.06. The second-order valence-corrected chi connectivity index (χ2v) is 8.53. The predicted molar refractivity (Wildman–Crippen MR) is 121 cm³/mol. The first kappa shape index (κ1) is 22.6. The molecule has 31 heavy (non-hydrogen) atoms. The van der Waals surface area contributed by atoms with Crippen molar-refractivity contribution in [3.63, 3.8) is 0 Å². The topological polar surface area (TPSA) is 97.4 Å². The highest BCUT2D eigenvalue weighted by molar-refractivity contribution is 7.09. The van der Waals surface area contributed by atoms with Gasteiger partial charge in [-0.2, -0.15) is 11.3 Å². The van der Waals surface area contributed by atoms with E-state index < -0.39 is 0 Å². The van der Waals surface area contributed by atoms with Crippen molar-refractivity contribution in [1.82, 2.24) is 10.3 Å². The van der Waals surface area contributed by atoms with Crippen molar-refractivity contribution in [2.75, 3.05) is 11.9 Å². The third-order valence-corrected chi connectivity index (χ3v) is 5.92. The summed E-state index contributed by atoms with van der Waals surface area (Å²) in [6.45, 7) is 2.40. The molecule has 0 aliphatic rings. The molecule has 0 spiro atoms. The minimum atomic E-state index is -0.350. The number of nitrogens with one attached hydrogen (secondary N) is 2. The van der Waals surface area contributed by atoms with E-state index >= 15 is 0 Å². The summed E-state index contributed by atoms with van der Waals surface area (Å²) in [4.78, 5) is 40.3. The maximum Gasteiger partial charge on any atom is 0.306 e. The van der Waals surface area contributed by atoms with Crippen molar-refractivity contribution < 1.29 is 19.1 Å². The minimum Gasteiger partial charge on any atom is -0.459 e. The fraction of sp³-hybridized carbons (Fsp3) is 0.273. The Labute approximate surface area is 188 Å². The molecule has 0 atom stereocenters. The highest BCUT2D eigenvalue weighted by Crippen LogP contribution is 2.16. The molecule has 0 saturated heterocycles. The van der Waals surface area contributed by atoms with Crippen molar-refractivity contribution in [2.45, 2.75) is 32.8 Å². The molecule has 0 unspecified atom stereocenters. The minimum absolute atomic E-state index is 0.0655.